The highest BCUT2D eigenvalue weighted by Crippen LogP contribution is 2.32. The Hall–Kier alpha value is -1.43. The van der Waals surface area contributed by atoms with E-state index in [9.17, 15) is 0 Å². The van der Waals surface area contributed by atoms with E-state index in [1.165, 1.54) is 6.42 Å². The number of aromatic nitrogens is 3. The van der Waals surface area contributed by atoms with Crippen LogP contribution in [0.15, 0.2) is 24.4 Å². The Morgan fingerprint density at radius 2 is 2.17 bits per heavy atom. The molecule has 0 aromatic carbocycles. The molecule has 2 aliphatic rings. The molecule has 4 rings (SSSR count). The molecular weight excluding hydrogens is 312 g/mol. The van der Waals surface area contributed by atoms with Gasteiger partial charge in [-0.3, -0.25) is 4.90 Å². The van der Waals surface area contributed by atoms with Crippen molar-refractivity contribution in [1.82, 2.24) is 19.7 Å². The molecule has 5 nitrogen and oxygen atoms in total. The monoisotopic (exact) mass is 332 g/mol. The zero-order chi connectivity index (χ0) is 15.8. The van der Waals surface area contributed by atoms with Crippen LogP contribution in [0.25, 0.3) is 5.82 Å². The van der Waals surface area contributed by atoms with Crippen molar-refractivity contribution in [2.45, 2.75) is 19.9 Å². The minimum atomic E-state index is 0.675. The van der Waals surface area contributed by atoms with Gasteiger partial charge in [0.15, 0.2) is 5.82 Å². The Balaban J connectivity index is 1.45. The summed E-state index contributed by atoms with van der Waals surface area (Å²) in [6, 6.07) is 5.75. The minimum Gasteiger partial charge on any atom is -0.381 e. The third-order valence-electron chi connectivity index (χ3n) is 4.99. The molecule has 23 heavy (non-hydrogen) atoms. The molecule has 0 bridgehead atoms. The van der Waals surface area contributed by atoms with E-state index >= 15 is 0 Å². The first kappa shape index (κ1) is 15.1. The molecule has 2 aromatic heterocycles. The molecule has 122 valence electrons. The summed E-state index contributed by atoms with van der Waals surface area (Å²) in [6.07, 6.45) is 2.97. The van der Waals surface area contributed by atoms with Crippen LogP contribution in [-0.4, -0.2) is 46.0 Å². The average Bonchev–Trinajstić information content (AvgIpc) is 3.14. The Labute approximate surface area is 141 Å². The largest absolute Gasteiger partial charge is 0.381 e. The van der Waals surface area contributed by atoms with Crippen LogP contribution < -0.4 is 0 Å². The molecular formula is C17H21ClN4O. The Morgan fingerprint density at radius 1 is 1.30 bits per heavy atom. The molecule has 0 aliphatic carbocycles. The van der Waals surface area contributed by atoms with E-state index in [1.54, 1.807) is 10.9 Å². The maximum absolute atomic E-state index is 6.57. The topological polar surface area (TPSA) is 43.2 Å². The average molecular weight is 333 g/mol. The van der Waals surface area contributed by atoms with E-state index in [0.717, 1.165) is 61.8 Å². The van der Waals surface area contributed by atoms with Gasteiger partial charge >= 0.3 is 0 Å². The highest BCUT2D eigenvalue weighted by molar-refractivity contribution is 6.30. The summed E-state index contributed by atoms with van der Waals surface area (Å²) < 4.78 is 7.23. The van der Waals surface area contributed by atoms with Crippen molar-refractivity contribution >= 4 is 11.6 Å². The number of hydrogen-bond acceptors (Lipinski definition) is 4. The smallest absolute Gasteiger partial charge is 0.155 e. The Kier molecular flexibility index (Phi) is 4.09. The Bertz CT molecular complexity index is 675. The molecule has 1 unspecified atom stereocenters. The lowest BCUT2D eigenvalue weighted by atomic mass is 9.85. The fourth-order valence-corrected chi connectivity index (χ4v) is 3.85. The number of nitrogens with zero attached hydrogens (tertiary/aromatic N) is 4. The van der Waals surface area contributed by atoms with Crippen molar-refractivity contribution in [2.24, 2.45) is 11.8 Å². The van der Waals surface area contributed by atoms with Gasteiger partial charge in [0.05, 0.1) is 5.69 Å². The zero-order valence-corrected chi connectivity index (χ0v) is 14.0. The summed E-state index contributed by atoms with van der Waals surface area (Å²) in [6.45, 7) is 7.03. The van der Waals surface area contributed by atoms with E-state index in [-0.39, 0.29) is 0 Å². The number of halogens is 1. The first-order chi connectivity index (χ1) is 11.2. The van der Waals surface area contributed by atoms with Gasteiger partial charge in [0.2, 0.25) is 0 Å². The number of likely N-dealkylation sites (tertiary alicyclic amines) is 1. The first-order valence-corrected chi connectivity index (χ1v) is 8.55. The molecule has 2 saturated heterocycles. The third-order valence-corrected chi connectivity index (χ3v) is 5.37. The molecule has 2 aliphatic heterocycles. The second kappa shape index (κ2) is 6.23. The Morgan fingerprint density at radius 3 is 2.87 bits per heavy atom. The molecule has 6 heteroatoms. The lowest BCUT2D eigenvalue weighted by Gasteiger charge is -2.42. The van der Waals surface area contributed by atoms with Crippen LogP contribution in [0.2, 0.25) is 5.15 Å². The van der Waals surface area contributed by atoms with Gasteiger partial charge in [0, 0.05) is 44.6 Å². The van der Waals surface area contributed by atoms with Gasteiger partial charge in [-0.25, -0.2) is 9.67 Å². The van der Waals surface area contributed by atoms with Crippen molar-refractivity contribution in [3.8, 4) is 5.82 Å². The molecule has 1 atom stereocenters. The van der Waals surface area contributed by atoms with E-state index in [1.807, 2.05) is 25.1 Å². The van der Waals surface area contributed by atoms with Crippen LogP contribution in [0, 0.1) is 18.8 Å². The van der Waals surface area contributed by atoms with Crippen LogP contribution in [0.1, 0.15) is 17.7 Å². The number of ether oxygens (including phenoxy) is 1. The third kappa shape index (κ3) is 2.89. The molecule has 0 N–H and O–H groups in total. The van der Waals surface area contributed by atoms with Crippen LogP contribution in [0.4, 0.5) is 0 Å². The van der Waals surface area contributed by atoms with Gasteiger partial charge in [-0.1, -0.05) is 17.7 Å². The maximum atomic E-state index is 6.57. The fraction of sp³-hybridized carbons (Fsp3) is 0.529. The lowest BCUT2D eigenvalue weighted by molar-refractivity contribution is 0.0443. The van der Waals surface area contributed by atoms with Crippen LogP contribution in [-0.2, 0) is 11.3 Å². The minimum absolute atomic E-state index is 0.675. The SMILES string of the molecule is Cc1nn(-c2ccccn2)c(Cl)c1CN1CC(C2CCOC2)C1. The van der Waals surface area contributed by atoms with E-state index < -0.39 is 0 Å². The highest BCUT2D eigenvalue weighted by atomic mass is 35.5. The zero-order valence-electron chi connectivity index (χ0n) is 13.3. The number of pyridine rings is 1. The summed E-state index contributed by atoms with van der Waals surface area (Å²) in [5, 5.41) is 5.24. The summed E-state index contributed by atoms with van der Waals surface area (Å²) in [4.78, 5) is 6.78. The molecule has 0 saturated carbocycles. The molecule has 0 amide bonds. The van der Waals surface area contributed by atoms with Gasteiger partial charge < -0.3 is 4.74 Å². The predicted molar refractivity (Wildman–Crippen MR) is 88.8 cm³/mol. The predicted octanol–water partition coefficient (Wildman–Crippen LogP) is 2.70. The molecule has 4 heterocycles. The molecule has 2 aromatic rings. The normalized spacial score (nSPS) is 22.4. The van der Waals surface area contributed by atoms with E-state index in [4.69, 9.17) is 16.3 Å². The first-order valence-electron chi connectivity index (χ1n) is 8.18. The molecule has 2 fully saturated rings. The van der Waals surface area contributed by atoms with Gasteiger partial charge in [0.25, 0.3) is 0 Å². The van der Waals surface area contributed by atoms with Crippen molar-refractivity contribution in [3.63, 3.8) is 0 Å². The van der Waals surface area contributed by atoms with Crippen LogP contribution in [0.5, 0.6) is 0 Å². The number of rotatable bonds is 4. The second-order valence-electron chi connectivity index (χ2n) is 6.53. The summed E-state index contributed by atoms with van der Waals surface area (Å²) >= 11 is 6.57. The summed E-state index contributed by atoms with van der Waals surface area (Å²) in [5.74, 6) is 2.29. The number of aryl methyl sites for hydroxylation is 1. The summed E-state index contributed by atoms with van der Waals surface area (Å²) in [5.41, 5.74) is 2.09. The van der Waals surface area contributed by atoms with E-state index in [0.29, 0.717) is 5.15 Å². The molecule has 0 spiro atoms. The standard InChI is InChI=1S/C17H21ClN4O/c1-12-15(10-21-8-14(9-21)13-5-7-23-11-13)17(18)22(20-12)16-4-2-3-6-19-16/h2-4,6,13-14H,5,7-11H2,1H3. The van der Waals surface area contributed by atoms with Gasteiger partial charge in [-0.05, 0) is 37.3 Å². The van der Waals surface area contributed by atoms with Crippen molar-refractivity contribution < 1.29 is 4.74 Å². The molecule has 0 radical (unpaired) electrons. The van der Waals surface area contributed by atoms with Crippen molar-refractivity contribution in [2.75, 3.05) is 26.3 Å². The lowest BCUT2D eigenvalue weighted by Crippen LogP contribution is -2.49. The highest BCUT2D eigenvalue weighted by Gasteiger charge is 2.35. The van der Waals surface area contributed by atoms with Crippen LogP contribution >= 0.6 is 11.6 Å². The van der Waals surface area contributed by atoms with Crippen molar-refractivity contribution in [1.29, 1.82) is 0 Å². The maximum Gasteiger partial charge on any atom is 0.155 e. The second-order valence-corrected chi connectivity index (χ2v) is 6.89. The van der Waals surface area contributed by atoms with Crippen LogP contribution in [0.3, 0.4) is 0 Å². The van der Waals surface area contributed by atoms with Crippen molar-refractivity contribution in [3.05, 3.63) is 40.8 Å². The van der Waals surface area contributed by atoms with E-state index in [2.05, 4.69) is 15.0 Å². The van der Waals surface area contributed by atoms with Gasteiger partial charge in [0.1, 0.15) is 5.15 Å². The fourth-order valence-electron chi connectivity index (χ4n) is 3.53. The number of hydrogen-bond donors (Lipinski definition) is 0. The van der Waals surface area contributed by atoms with Gasteiger partial charge in [-0.2, -0.15) is 5.10 Å². The summed E-state index contributed by atoms with van der Waals surface area (Å²) in [7, 11) is 0. The van der Waals surface area contributed by atoms with Gasteiger partial charge in [-0.15, -0.1) is 0 Å². The quantitative estimate of drug-likeness (QED) is 0.863.